The van der Waals surface area contributed by atoms with E-state index >= 15 is 0 Å². The van der Waals surface area contributed by atoms with Crippen molar-refractivity contribution in [2.24, 2.45) is 0 Å². The second kappa shape index (κ2) is 4.66. The zero-order valence-electron chi connectivity index (χ0n) is 9.40. The molecule has 0 unspecified atom stereocenters. The van der Waals surface area contributed by atoms with Gasteiger partial charge in [0.05, 0.1) is 11.9 Å². The van der Waals surface area contributed by atoms with Crippen molar-refractivity contribution >= 4 is 15.7 Å². The monoisotopic (exact) mass is 227 g/mol. The van der Waals surface area contributed by atoms with Crippen LogP contribution in [-0.2, 0) is 16.4 Å². The van der Waals surface area contributed by atoms with Crippen molar-refractivity contribution in [1.29, 1.82) is 0 Å². The maximum absolute atomic E-state index is 11.4. The summed E-state index contributed by atoms with van der Waals surface area (Å²) in [5.41, 5.74) is 1.94. The van der Waals surface area contributed by atoms with Gasteiger partial charge in [0.25, 0.3) is 0 Å². The van der Waals surface area contributed by atoms with Crippen molar-refractivity contribution in [2.75, 3.05) is 17.1 Å². The molecule has 0 radical (unpaired) electrons. The molecule has 15 heavy (non-hydrogen) atoms. The van der Waals surface area contributed by atoms with Crippen LogP contribution in [0.25, 0.3) is 0 Å². The van der Waals surface area contributed by atoms with Gasteiger partial charge < -0.3 is 0 Å². The summed E-state index contributed by atoms with van der Waals surface area (Å²) in [6, 6.07) is 7.62. The van der Waals surface area contributed by atoms with Gasteiger partial charge in [0.2, 0.25) is 10.0 Å². The van der Waals surface area contributed by atoms with Gasteiger partial charge in [-0.25, -0.2) is 8.42 Å². The SMILES string of the molecule is CCc1ccc(N(CC)S(C)(=O)=O)cc1. The summed E-state index contributed by atoms with van der Waals surface area (Å²) in [6.45, 7) is 4.36. The van der Waals surface area contributed by atoms with E-state index in [9.17, 15) is 8.42 Å². The third-order valence-corrected chi connectivity index (χ3v) is 3.59. The Morgan fingerprint density at radius 2 is 1.67 bits per heavy atom. The summed E-state index contributed by atoms with van der Waals surface area (Å²) in [4.78, 5) is 0. The first kappa shape index (κ1) is 12.0. The van der Waals surface area contributed by atoms with E-state index in [0.717, 1.165) is 12.1 Å². The highest BCUT2D eigenvalue weighted by Gasteiger charge is 2.14. The van der Waals surface area contributed by atoms with E-state index in [4.69, 9.17) is 0 Å². The molecule has 0 atom stereocenters. The maximum Gasteiger partial charge on any atom is 0.232 e. The quantitative estimate of drug-likeness (QED) is 0.789. The Kier molecular flexibility index (Phi) is 3.74. The standard InChI is InChI=1S/C11H17NO2S/c1-4-10-6-8-11(9-7-10)12(5-2)15(3,13)14/h6-9H,4-5H2,1-3H3. The number of aryl methyl sites for hydroxylation is 1. The normalized spacial score (nSPS) is 11.4. The van der Waals surface area contributed by atoms with E-state index in [1.54, 1.807) is 0 Å². The number of nitrogens with zero attached hydrogens (tertiary/aromatic N) is 1. The number of hydrogen-bond acceptors (Lipinski definition) is 2. The van der Waals surface area contributed by atoms with Gasteiger partial charge in [-0.15, -0.1) is 0 Å². The van der Waals surface area contributed by atoms with E-state index in [1.807, 2.05) is 31.2 Å². The van der Waals surface area contributed by atoms with E-state index in [0.29, 0.717) is 6.54 Å². The molecule has 0 aliphatic rings. The van der Waals surface area contributed by atoms with Gasteiger partial charge in [0.1, 0.15) is 0 Å². The highest BCUT2D eigenvalue weighted by atomic mass is 32.2. The van der Waals surface area contributed by atoms with Gasteiger partial charge in [-0.1, -0.05) is 19.1 Å². The highest BCUT2D eigenvalue weighted by Crippen LogP contribution is 2.17. The topological polar surface area (TPSA) is 37.4 Å². The average molecular weight is 227 g/mol. The Balaban J connectivity index is 3.04. The van der Waals surface area contributed by atoms with Gasteiger partial charge in [-0.05, 0) is 31.0 Å². The summed E-state index contributed by atoms with van der Waals surface area (Å²) in [6.07, 6.45) is 2.19. The molecule has 0 N–H and O–H groups in total. The average Bonchev–Trinajstić information content (AvgIpc) is 2.18. The van der Waals surface area contributed by atoms with Crippen molar-refractivity contribution in [3.05, 3.63) is 29.8 Å². The number of anilines is 1. The van der Waals surface area contributed by atoms with Crippen molar-refractivity contribution < 1.29 is 8.42 Å². The van der Waals surface area contributed by atoms with Crippen LogP contribution >= 0.6 is 0 Å². The molecule has 3 nitrogen and oxygen atoms in total. The number of sulfonamides is 1. The molecule has 0 bridgehead atoms. The fourth-order valence-electron chi connectivity index (χ4n) is 1.51. The molecule has 4 heteroatoms. The molecular formula is C11H17NO2S. The number of hydrogen-bond donors (Lipinski definition) is 0. The van der Waals surface area contributed by atoms with E-state index < -0.39 is 10.0 Å². The minimum Gasteiger partial charge on any atom is -0.271 e. The third kappa shape index (κ3) is 2.96. The highest BCUT2D eigenvalue weighted by molar-refractivity contribution is 7.92. The Morgan fingerprint density at radius 1 is 1.13 bits per heavy atom. The molecule has 0 heterocycles. The molecule has 0 spiro atoms. The molecule has 0 aliphatic heterocycles. The zero-order valence-corrected chi connectivity index (χ0v) is 10.2. The smallest absolute Gasteiger partial charge is 0.232 e. The summed E-state index contributed by atoms with van der Waals surface area (Å²) < 4.78 is 24.3. The Hall–Kier alpha value is -1.03. The minimum atomic E-state index is -3.15. The fraction of sp³-hybridized carbons (Fsp3) is 0.455. The van der Waals surface area contributed by atoms with Crippen LogP contribution < -0.4 is 4.31 Å². The first-order valence-electron chi connectivity index (χ1n) is 5.05. The molecule has 0 aliphatic carbocycles. The molecular weight excluding hydrogens is 210 g/mol. The summed E-state index contributed by atoms with van der Waals surface area (Å²) in [5, 5.41) is 0. The molecule has 1 rings (SSSR count). The van der Waals surface area contributed by atoms with Crippen molar-refractivity contribution in [3.63, 3.8) is 0 Å². The van der Waals surface area contributed by atoms with Crippen molar-refractivity contribution in [1.82, 2.24) is 0 Å². The van der Waals surface area contributed by atoms with E-state index in [1.165, 1.54) is 16.1 Å². The lowest BCUT2D eigenvalue weighted by Gasteiger charge is -2.20. The van der Waals surface area contributed by atoms with Gasteiger partial charge in [0.15, 0.2) is 0 Å². The molecule has 0 amide bonds. The molecule has 1 aromatic carbocycles. The largest absolute Gasteiger partial charge is 0.271 e. The van der Waals surface area contributed by atoms with Crippen LogP contribution in [-0.4, -0.2) is 21.2 Å². The van der Waals surface area contributed by atoms with Crippen LogP contribution in [0.4, 0.5) is 5.69 Å². The molecule has 0 saturated heterocycles. The second-order valence-corrected chi connectivity index (χ2v) is 5.35. The summed E-state index contributed by atoms with van der Waals surface area (Å²) in [5.74, 6) is 0. The predicted molar refractivity (Wildman–Crippen MR) is 63.7 cm³/mol. The lowest BCUT2D eigenvalue weighted by molar-refractivity contribution is 0.598. The van der Waals surface area contributed by atoms with Crippen LogP contribution in [0.15, 0.2) is 24.3 Å². The number of benzene rings is 1. The van der Waals surface area contributed by atoms with Crippen molar-refractivity contribution in [2.45, 2.75) is 20.3 Å². The van der Waals surface area contributed by atoms with Gasteiger partial charge >= 0.3 is 0 Å². The lowest BCUT2D eigenvalue weighted by atomic mass is 10.1. The van der Waals surface area contributed by atoms with E-state index in [2.05, 4.69) is 6.92 Å². The van der Waals surface area contributed by atoms with Crippen LogP contribution in [0, 0.1) is 0 Å². The first-order chi connectivity index (χ1) is 6.99. The zero-order chi connectivity index (χ0) is 11.5. The van der Waals surface area contributed by atoms with Crippen molar-refractivity contribution in [3.8, 4) is 0 Å². The van der Waals surface area contributed by atoms with Crippen LogP contribution in [0.3, 0.4) is 0 Å². The summed E-state index contributed by atoms with van der Waals surface area (Å²) >= 11 is 0. The molecule has 0 aromatic heterocycles. The maximum atomic E-state index is 11.4. The third-order valence-electron chi connectivity index (χ3n) is 2.32. The summed E-state index contributed by atoms with van der Waals surface area (Å²) in [7, 11) is -3.15. The molecule has 84 valence electrons. The predicted octanol–water partition coefficient (Wildman–Crippen LogP) is 2.03. The van der Waals surface area contributed by atoms with Gasteiger partial charge in [-0.3, -0.25) is 4.31 Å². The Morgan fingerprint density at radius 3 is 2.00 bits per heavy atom. The van der Waals surface area contributed by atoms with Crippen LogP contribution in [0.2, 0.25) is 0 Å². The first-order valence-corrected chi connectivity index (χ1v) is 6.90. The van der Waals surface area contributed by atoms with Gasteiger partial charge in [0, 0.05) is 6.54 Å². The Labute approximate surface area is 91.8 Å². The second-order valence-electron chi connectivity index (χ2n) is 3.45. The van der Waals surface area contributed by atoms with E-state index in [-0.39, 0.29) is 0 Å². The lowest BCUT2D eigenvalue weighted by Crippen LogP contribution is -2.29. The molecule has 0 saturated carbocycles. The molecule has 0 fully saturated rings. The van der Waals surface area contributed by atoms with Crippen LogP contribution in [0.5, 0.6) is 0 Å². The van der Waals surface area contributed by atoms with Gasteiger partial charge in [-0.2, -0.15) is 0 Å². The minimum absolute atomic E-state index is 0.463. The Bertz CT molecular complexity index is 409. The fourth-order valence-corrected chi connectivity index (χ4v) is 2.48. The number of rotatable bonds is 4. The van der Waals surface area contributed by atoms with Crippen LogP contribution in [0.1, 0.15) is 19.4 Å². The molecule has 1 aromatic rings.